The number of rotatable bonds is 5. The van der Waals surface area contributed by atoms with E-state index in [2.05, 4.69) is 45.0 Å². The van der Waals surface area contributed by atoms with E-state index in [1.54, 1.807) is 23.5 Å². The SMILES string of the molecule is CC(C)(C)c1ccc(-c2sc3cc(O)ccc3c2Oc2ccc(C=CC(=O)O)cc2)cc1. The molecule has 0 saturated heterocycles. The number of aromatic hydroxyl groups is 1. The molecule has 2 N–H and O–H groups in total. The fraction of sp³-hybridized carbons (Fsp3) is 0.148. The van der Waals surface area contributed by atoms with Crippen LogP contribution in [0.25, 0.3) is 26.6 Å². The molecule has 0 aliphatic carbocycles. The Morgan fingerprint density at radius 3 is 2.28 bits per heavy atom. The number of carboxylic acid groups (broad SMARTS) is 1. The number of fused-ring (bicyclic) bond motifs is 1. The number of benzene rings is 3. The minimum atomic E-state index is -0.986. The summed E-state index contributed by atoms with van der Waals surface area (Å²) < 4.78 is 7.26. The fourth-order valence-electron chi connectivity index (χ4n) is 3.41. The first-order valence-electron chi connectivity index (χ1n) is 10.3. The van der Waals surface area contributed by atoms with Crippen molar-refractivity contribution in [3.05, 3.63) is 83.9 Å². The molecule has 162 valence electrons. The van der Waals surface area contributed by atoms with Crippen LogP contribution in [0.2, 0.25) is 0 Å². The lowest BCUT2D eigenvalue weighted by Gasteiger charge is -2.19. The van der Waals surface area contributed by atoms with Gasteiger partial charge in [-0.2, -0.15) is 0 Å². The molecule has 0 atom stereocenters. The molecule has 0 radical (unpaired) electrons. The molecule has 1 heterocycles. The Balaban J connectivity index is 1.74. The minimum Gasteiger partial charge on any atom is -0.508 e. The molecule has 1 aromatic heterocycles. The number of thiophene rings is 1. The van der Waals surface area contributed by atoms with E-state index in [9.17, 15) is 9.90 Å². The van der Waals surface area contributed by atoms with Crippen LogP contribution in [0.1, 0.15) is 31.9 Å². The Morgan fingerprint density at radius 2 is 1.66 bits per heavy atom. The predicted molar refractivity (Wildman–Crippen MR) is 131 cm³/mol. The van der Waals surface area contributed by atoms with Crippen LogP contribution in [0.15, 0.2) is 72.8 Å². The summed E-state index contributed by atoms with van der Waals surface area (Å²) in [5.41, 5.74) is 3.15. The van der Waals surface area contributed by atoms with Crippen molar-refractivity contribution in [2.24, 2.45) is 0 Å². The third-order valence-corrected chi connectivity index (χ3v) is 6.34. The quantitative estimate of drug-likeness (QED) is 0.314. The van der Waals surface area contributed by atoms with Crippen LogP contribution in [-0.4, -0.2) is 16.2 Å². The summed E-state index contributed by atoms with van der Waals surface area (Å²) in [6.07, 6.45) is 2.64. The highest BCUT2D eigenvalue weighted by molar-refractivity contribution is 7.22. The number of hydrogen-bond donors (Lipinski definition) is 2. The standard InChI is InChI=1S/C27H24O4S/c1-27(2,3)19-9-7-18(8-10-19)26-25(22-14-11-20(28)16-23(22)32-26)31-21-12-4-17(5-13-21)6-15-24(29)30/h4-16,28H,1-3H3,(H,29,30). The number of aliphatic carboxylic acids is 1. The van der Waals surface area contributed by atoms with Crippen LogP contribution in [-0.2, 0) is 10.2 Å². The first kappa shape index (κ1) is 21.7. The third-order valence-electron chi connectivity index (χ3n) is 5.16. The molecule has 5 heteroatoms. The monoisotopic (exact) mass is 444 g/mol. The van der Waals surface area contributed by atoms with Gasteiger partial charge in [-0.3, -0.25) is 0 Å². The van der Waals surface area contributed by atoms with Crippen LogP contribution < -0.4 is 4.74 Å². The summed E-state index contributed by atoms with van der Waals surface area (Å²) in [4.78, 5) is 11.7. The van der Waals surface area contributed by atoms with Crippen LogP contribution in [0.5, 0.6) is 17.2 Å². The Kier molecular flexibility index (Phi) is 5.76. The molecule has 0 spiro atoms. The van der Waals surface area contributed by atoms with Crippen LogP contribution in [0.4, 0.5) is 0 Å². The van der Waals surface area contributed by atoms with Crippen molar-refractivity contribution < 1.29 is 19.7 Å². The van der Waals surface area contributed by atoms with Gasteiger partial charge >= 0.3 is 5.97 Å². The van der Waals surface area contributed by atoms with Crippen molar-refractivity contribution in [2.45, 2.75) is 26.2 Å². The summed E-state index contributed by atoms with van der Waals surface area (Å²) in [5, 5.41) is 19.7. The van der Waals surface area contributed by atoms with E-state index in [1.165, 1.54) is 11.6 Å². The lowest BCUT2D eigenvalue weighted by Crippen LogP contribution is -2.10. The molecule has 3 aromatic carbocycles. The molecule has 0 saturated carbocycles. The van der Waals surface area contributed by atoms with Gasteiger partial charge in [-0.15, -0.1) is 11.3 Å². The molecular weight excluding hydrogens is 420 g/mol. The number of carboxylic acids is 1. The van der Waals surface area contributed by atoms with Crippen molar-refractivity contribution in [1.29, 1.82) is 0 Å². The van der Waals surface area contributed by atoms with Gasteiger partial charge in [0.1, 0.15) is 11.5 Å². The number of phenolic OH excluding ortho intramolecular Hbond substituents is 1. The molecular formula is C27H24O4S. The third kappa shape index (κ3) is 4.68. The smallest absolute Gasteiger partial charge is 0.328 e. The van der Waals surface area contributed by atoms with Gasteiger partial charge in [0.25, 0.3) is 0 Å². The van der Waals surface area contributed by atoms with E-state index >= 15 is 0 Å². The number of carbonyl (C=O) groups is 1. The summed E-state index contributed by atoms with van der Waals surface area (Å²) in [6, 6.07) is 21.0. The second-order valence-corrected chi connectivity index (χ2v) is 9.66. The normalized spacial score (nSPS) is 11.8. The van der Waals surface area contributed by atoms with Crippen molar-refractivity contribution in [3.8, 4) is 27.7 Å². The van der Waals surface area contributed by atoms with Gasteiger partial charge in [0.15, 0.2) is 5.75 Å². The number of ether oxygens (including phenoxy) is 1. The maximum absolute atomic E-state index is 10.7. The van der Waals surface area contributed by atoms with Gasteiger partial charge in [-0.05, 0) is 58.5 Å². The topological polar surface area (TPSA) is 66.8 Å². The number of phenols is 1. The maximum Gasteiger partial charge on any atom is 0.328 e. The van der Waals surface area contributed by atoms with Gasteiger partial charge in [-0.1, -0.05) is 57.2 Å². The molecule has 32 heavy (non-hydrogen) atoms. The van der Waals surface area contributed by atoms with Crippen molar-refractivity contribution in [2.75, 3.05) is 0 Å². The maximum atomic E-state index is 10.7. The van der Waals surface area contributed by atoms with E-state index in [0.717, 1.165) is 37.9 Å². The van der Waals surface area contributed by atoms with Gasteiger partial charge in [-0.25, -0.2) is 4.79 Å². The lowest BCUT2D eigenvalue weighted by molar-refractivity contribution is -0.131. The highest BCUT2D eigenvalue weighted by Crippen LogP contribution is 2.47. The molecule has 0 unspecified atom stereocenters. The molecule has 4 aromatic rings. The summed E-state index contributed by atoms with van der Waals surface area (Å²) in [6.45, 7) is 6.57. The zero-order valence-electron chi connectivity index (χ0n) is 18.1. The van der Waals surface area contributed by atoms with E-state index in [-0.39, 0.29) is 11.2 Å². The number of hydrogen-bond acceptors (Lipinski definition) is 4. The highest BCUT2D eigenvalue weighted by Gasteiger charge is 2.18. The molecule has 4 rings (SSSR count). The molecule has 0 fully saturated rings. The summed E-state index contributed by atoms with van der Waals surface area (Å²) >= 11 is 1.58. The highest BCUT2D eigenvalue weighted by atomic mass is 32.1. The fourth-order valence-corrected chi connectivity index (χ4v) is 4.58. The largest absolute Gasteiger partial charge is 0.508 e. The van der Waals surface area contributed by atoms with Crippen LogP contribution in [0.3, 0.4) is 0 Å². The Bertz CT molecular complexity index is 1290. The lowest BCUT2D eigenvalue weighted by atomic mass is 9.86. The van der Waals surface area contributed by atoms with Gasteiger partial charge in [0, 0.05) is 16.2 Å². The van der Waals surface area contributed by atoms with Crippen LogP contribution in [0, 0.1) is 0 Å². The van der Waals surface area contributed by atoms with Gasteiger partial charge in [0.2, 0.25) is 0 Å². The van der Waals surface area contributed by atoms with Crippen molar-refractivity contribution in [1.82, 2.24) is 0 Å². The van der Waals surface area contributed by atoms with Crippen molar-refractivity contribution in [3.63, 3.8) is 0 Å². The molecule has 0 aliphatic heterocycles. The Hall–Kier alpha value is -3.57. The summed E-state index contributed by atoms with van der Waals surface area (Å²) in [7, 11) is 0. The zero-order chi connectivity index (χ0) is 22.9. The first-order valence-corrected chi connectivity index (χ1v) is 11.1. The van der Waals surface area contributed by atoms with E-state index < -0.39 is 5.97 Å². The summed E-state index contributed by atoms with van der Waals surface area (Å²) in [5.74, 6) is 0.620. The molecule has 0 bridgehead atoms. The molecule has 4 nitrogen and oxygen atoms in total. The second-order valence-electron chi connectivity index (χ2n) is 8.61. The van der Waals surface area contributed by atoms with Gasteiger partial charge < -0.3 is 14.9 Å². The molecule has 0 amide bonds. The Morgan fingerprint density at radius 1 is 0.969 bits per heavy atom. The van der Waals surface area contributed by atoms with Crippen LogP contribution >= 0.6 is 11.3 Å². The Labute approximate surface area is 191 Å². The minimum absolute atomic E-state index is 0.0701. The van der Waals surface area contributed by atoms with E-state index in [4.69, 9.17) is 9.84 Å². The predicted octanol–water partition coefficient (Wildman–Crippen LogP) is 7.46. The van der Waals surface area contributed by atoms with Gasteiger partial charge in [0.05, 0.1) is 4.88 Å². The second kappa shape index (κ2) is 8.52. The molecule has 0 aliphatic rings. The van der Waals surface area contributed by atoms with E-state index in [1.807, 2.05) is 30.3 Å². The zero-order valence-corrected chi connectivity index (χ0v) is 18.9. The first-order chi connectivity index (χ1) is 15.2. The average molecular weight is 445 g/mol. The average Bonchev–Trinajstić information content (AvgIpc) is 3.10. The van der Waals surface area contributed by atoms with Crippen molar-refractivity contribution >= 4 is 33.5 Å². The van der Waals surface area contributed by atoms with E-state index in [0.29, 0.717) is 5.75 Å².